The van der Waals surface area contributed by atoms with Crippen molar-refractivity contribution in [3.8, 4) is 11.8 Å². The van der Waals surface area contributed by atoms with E-state index >= 15 is 0 Å². The number of benzene rings is 2. The first-order chi connectivity index (χ1) is 17.5. The minimum Gasteiger partial charge on any atom is -0.491 e. The lowest BCUT2D eigenvalue weighted by atomic mass is 9.61. The predicted octanol–water partition coefficient (Wildman–Crippen LogP) is 3.51. The van der Waals surface area contributed by atoms with Crippen LogP contribution < -0.4 is 20.3 Å². The lowest BCUT2D eigenvalue weighted by Crippen LogP contribution is -2.65. The Kier molecular flexibility index (Phi) is 4.92. The average molecular weight is 481 g/mol. The van der Waals surface area contributed by atoms with Crippen molar-refractivity contribution in [2.24, 2.45) is 11.1 Å². The average Bonchev–Trinajstić information content (AvgIpc) is 3.04. The zero-order chi connectivity index (χ0) is 24.4. The van der Waals surface area contributed by atoms with Crippen molar-refractivity contribution < 1.29 is 4.74 Å². The van der Waals surface area contributed by atoms with Crippen LogP contribution in [0, 0.1) is 16.7 Å². The highest BCUT2D eigenvalue weighted by molar-refractivity contribution is 5.95. The van der Waals surface area contributed by atoms with Gasteiger partial charge in [0.25, 0.3) is 0 Å². The van der Waals surface area contributed by atoms with Crippen molar-refractivity contribution in [3.63, 3.8) is 0 Å². The Hall–Kier alpha value is -3.34. The minimum atomic E-state index is 0.288. The van der Waals surface area contributed by atoms with Gasteiger partial charge in [-0.25, -0.2) is 0 Å². The summed E-state index contributed by atoms with van der Waals surface area (Å²) < 4.78 is 6.47. The number of fused-ring (bicyclic) bond motifs is 3. The summed E-state index contributed by atoms with van der Waals surface area (Å²) in [5.74, 6) is 1.03. The zero-order valence-electron chi connectivity index (χ0n) is 20.7. The summed E-state index contributed by atoms with van der Waals surface area (Å²) in [6.07, 6.45) is 4.10. The number of rotatable bonds is 2. The van der Waals surface area contributed by atoms with Gasteiger partial charge in [0.05, 0.1) is 17.1 Å². The number of nitrogens with zero attached hydrogens (tertiary/aromatic N) is 5. The van der Waals surface area contributed by atoms with Gasteiger partial charge in [-0.1, -0.05) is 6.07 Å². The molecule has 1 aliphatic carbocycles. The monoisotopic (exact) mass is 480 g/mol. The van der Waals surface area contributed by atoms with E-state index in [4.69, 9.17) is 10.5 Å². The normalized spacial score (nSPS) is 25.2. The second-order valence-corrected chi connectivity index (χ2v) is 11.4. The summed E-state index contributed by atoms with van der Waals surface area (Å²) in [5, 5.41) is 10.6. The summed E-state index contributed by atoms with van der Waals surface area (Å²) >= 11 is 0. The van der Waals surface area contributed by atoms with Crippen LogP contribution in [0.5, 0.6) is 5.75 Å². The fraction of sp³-hybridized carbons (Fsp3) is 0.448. The van der Waals surface area contributed by atoms with Gasteiger partial charge in [-0.15, -0.1) is 0 Å². The van der Waals surface area contributed by atoms with Crippen LogP contribution in [0.2, 0.25) is 0 Å². The molecule has 7 heteroatoms. The van der Waals surface area contributed by atoms with Gasteiger partial charge < -0.3 is 20.3 Å². The standard InChI is InChI=1S/C29H32N6O/c1-19-13-33(26-7-5-20(12-30)28-25(26)3-2-8-32-28)15-24-16-36-27-9-23(6-4-21(27)14-35(19)24)34-17-29(18-34)10-22(31)11-29/h2-9,19,22,24H,10-11,13-18,31H2,1H3/t19-,24-/m1/s1. The molecule has 184 valence electrons. The number of anilines is 2. The summed E-state index contributed by atoms with van der Waals surface area (Å²) in [7, 11) is 0. The Morgan fingerprint density at radius 1 is 1.11 bits per heavy atom. The van der Waals surface area contributed by atoms with E-state index < -0.39 is 0 Å². The van der Waals surface area contributed by atoms with Gasteiger partial charge in [-0.05, 0) is 50.1 Å². The second kappa shape index (κ2) is 8.09. The number of ether oxygens (including phenoxy) is 1. The van der Waals surface area contributed by atoms with Gasteiger partial charge in [0.15, 0.2) is 0 Å². The van der Waals surface area contributed by atoms with Crippen LogP contribution in [0.15, 0.2) is 48.7 Å². The molecule has 4 aliphatic rings. The molecule has 0 bridgehead atoms. The summed E-state index contributed by atoms with van der Waals surface area (Å²) in [6, 6.07) is 18.2. The molecule has 36 heavy (non-hydrogen) atoms. The molecule has 1 saturated carbocycles. The fourth-order valence-electron chi connectivity index (χ4n) is 7.02. The van der Waals surface area contributed by atoms with Gasteiger partial charge in [0.2, 0.25) is 0 Å². The topological polar surface area (TPSA) is 81.7 Å². The lowest BCUT2D eigenvalue weighted by Gasteiger charge is -2.59. The SMILES string of the molecule is C[C@@H]1CN(c2ccc(C#N)c3ncccc23)C[C@@H]2COc3cc(N4CC5(CC(N)C5)C4)ccc3CN21. The maximum atomic E-state index is 9.54. The molecule has 2 saturated heterocycles. The Bertz CT molecular complexity index is 1370. The van der Waals surface area contributed by atoms with Crippen molar-refractivity contribution in [1.82, 2.24) is 9.88 Å². The molecule has 0 amide bonds. The molecule has 1 spiro atoms. The van der Waals surface area contributed by atoms with Crippen LogP contribution in [-0.4, -0.2) is 60.8 Å². The van der Waals surface area contributed by atoms with Crippen LogP contribution in [0.1, 0.15) is 30.9 Å². The molecule has 2 atom stereocenters. The molecule has 0 radical (unpaired) electrons. The fourth-order valence-corrected chi connectivity index (χ4v) is 7.02. The van der Waals surface area contributed by atoms with Crippen molar-refractivity contribution >= 4 is 22.3 Å². The number of nitriles is 1. The van der Waals surface area contributed by atoms with Gasteiger partial charge in [-0.3, -0.25) is 9.88 Å². The third-order valence-electron chi connectivity index (χ3n) is 8.80. The molecule has 4 heterocycles. The van der Waals surface area contributed by atoms with Crippen molar-refractivity contribution in [2.75, 3.05) is 42.6 Å². The molecule has 3 aliphatic heterocycles. The molecule has 2 N–H and O–H groups in total. The Morgan fingerprint density at radius 2 is 1.97 bits per heavy atom. The highest BCUT2D eigenvalue weighted by Gasteiger charge is 2.51. The van der Waals surface area contributed by atoms with E-state index in [0.717, 1.165) is 55.1 Å². The van der Waals surface area contributed by atoms with E-state index in [0.29, 0.717) is 29.7 Å². The van der Waals surface area contributed by atoms with E-state index in [1.54, 1.807) is 6.20 Å². The zero-order valence-corrected chi connectivity index (χ0v) is 20.7. The van der Waals surface area contributed by atoms with Gasteiger partial charge in [0.1, 0.15) is 18.4 Å². The number of hydrogen-bond acceptors (Lipinski definition) is 7. The summed E-state index contributed by atoms with van der Waals surface area (Å²) in [5.41, 5.74) is 11.6. The Balaban J connectivity index is 1.11. The van der Waals surface area contributed by atoms with E-state index in [-0.39, 0.29) is 6.04 Å². The molecule has 2 aromatic carbocycles. The Labute approximate surface area is 212 Å². The molecule has 7 rings (SSSR count). The van der Waals surface area contributed by atoms with Crippen LogP contribution in [-0.2, 0) is 6.54 Å². The highest BCUT2D eigenvalue weighted by atomic mass is 16.5. The van der Waals surface area contributed by atoms with E-state index in [1.807, 2.05) is 12.1 Å². The van der Waals surface area contributed by atoms with Crippen LogP contribution in [0.3, 0.4) is 0 Å². The van der Waals surface area contributed by atoms with Crippen molar-refractivity contribution in [1.29, 1.82) is 5.26 Å². The van der Waals surface area contributed by atoms with Gasteiger partial charge in [0, 0.05) is 84.8 Å². The number of nitrogens with two attached hydrogens (primary N) is 1. The first-order valence-corrected chi connectivity index (χ1v) is 13.1. The number of piperazine rings is 1. The van der Waals surface area contributed by atoms with Crippen LogP contribution in [0.4, 0.5) is 11.4 Å². The largest absolute Gasteiger partial charge is 0.491 e. The smallest absolute Gasteiger partial charge is 0.125 e. The quantitative estimate of drug-likeness (QED) is 0.601. The van der Waals surface area contributed by atoms with E-state index in [9.17, 15) is 5.26 Å². The lowest BCUT2D eigenvalue weighted by molar-refractivity contribution is 0.0664. The molecule has 7 nitrogen and oxygen atoms in total. The minimum absolute atomic E-state index is 0.288. The molecule has 3 aromatic rings. The number of hydrogen-bond donors (Lipinski definition) is 1. The van der Waals surface area contributed by atoms with Gasteiger partial charge in [-0.2, -0.15) is 5.26 Å². The van der Waals surface area contributed by atoms with Crippen molar-refractivity contribution in [3.05, 3.63) is 59.8 Å². The molecule has 0 unspecified atom stereocenters. The van der Waals surface area contributed by atoms with Crippen molar-refractivity contribution in [2.45, 2.75) is 44.4 Å². The van der Waals surface area contributed by atoms with Crippen LogP contribution >= 0.6 is 0 Å². The summed E-state index contributed by atoms with van der Waals surface area (Å²) in [4.78, 5) is 12.0. The predicted molar refractivity (Wildman–Crippen MR) is 141 cm³/mol. The third kappa shape index (κ3) is 3.43. The third-order valence-corrected chi connectivity index (χ3v) is 8.80. The highest BCUT2D eigenvalue weighted by Crippen LogP contribution is 2.49. The molecular weight excluding hydrogens is 448 g/mol. The second-order valence-electron chi connectivity index (χ2n) is 11.4. The molecular formula is C29H32N6O. The molecule has 3 fully saturated rings. The van der Waals surface area contributed by atoms with Gasteiger partial charge >= 0.3 is 0 Å². The van der Waals surface area contributed by atoms with E-state index in [2.05, 4.69) is 63.0 Å². The van der Waals surface area contributed by atoms with E-state index in [1.165, 1.54) is 24.1 Å². The first kappa shape index (κ1) is 21.9. The summed E-state index contributed by atoms with van der Waals surface area (Å²) in [6.45, 7) is 7.94. The molecule has 1 aromatic heterocycles. The maximum absolute atomic E-state index is 9.54. The number of pyridine rings is 1. The van der Waals surface area contributed by atoms with Crippen LogP contribution in [0.25, 0.3) is 10.9 Å². The maximum Gasteiger partial charge on any atom is 0.125 e. The first-order valence-electron chi connectivity index (χ1n) is 13.1. The Morgan fingerprint density at radius 3 is 2.78 bits per heavy atom. The number of aromatic nitrogens is 1.